The number of nitrogens with zero attached hydrogens (tertiary/aromatic N) is 3. The average Bonchev–Trinajstić information content (AvgIpc) is 3.17. The lowest BCUT2D eigenvalue weighted by Gasteiger charge is -2.14. The van der Waals surface area contributed by atoms with Crippen molar-refractivity contribution >= 4 is 17.5 Å². The lowest BCUT2D eigenvalue weighted by molar-refractivity contribution is 0.0947. The van der Waals surface area contributed by atoms with E-state index in [1.54, 1.807) is 4.57 Å². The molecule has 0 saturated heterocycles. The average molecular weight is 452 g/mol. The third kappa shape index (κ3) is 6.09. The van der Waals surface area contributed by atoms with Crippen LogP contribution in [0, 0.1) is 18.8 Å². The van der Waals surface area contributed by atoms with Gasteiger partial charge in [0.15, 0.2) is 0 Å². The van der Waals surface area contributed by atoms with E-state index in [1.807, 2.05) is 49.7 Å². The topological polar surface area (TPSA) is 97.5 Å². The van der Waals surface area contributed by atoms with Crippen LogP contribution in [0.2, 0.25) is 0 Å². The fourth-order valence-corrected chi connectivity index (χ4v) is 3.61. The second-order valence-electron chi connectivity index (χ2n) is 9.28. The maximum absolute atomic E-state index is 13.0. The third-order valence-electron chi connectivity index (χ3n) is 5.31. The monoisotopic (exact) mass is 451 g/mol. The number of nitrogens with one attached hydrogen (secondary N) is 2. The summed E-state index contributed by atoms with van der Waals surface area (Å²) in [5.41, 5.74) is 1.90. The highest BCUT2D eigenvalue weighted by Gasteiger charge is 2.20. The quantitative estimate of drug-likeness (QED) is 0.522. The first-order valence-corrected chi connectivity index (χ1v) is 11.4. The molecule has 3 rings (SSSR count). The van der Waals surface area contributed by atoms with Gasteiger partial charge in [0.05, 0.1) is 12.2 Å². The van der Waals surface area contributed by atoms with Gasteiger partial charge >= 0.3 is 0 Å². The normalized spacial score (nSPS) is 11.4. The van der Waals surface area contributed by atoms with Crippen LogP contribution in [0.4, 0.5) is 0 Å². The zero-order chi connectivity index (χ0) is 24.1. The van der Waals surface area contributed by atoms with Crippen LogP contribution in [0.15, 0.2) is 41.7 Å². The van der Waals surface area contributed by atoms with E-state index in [0.29, 0.717) is 24.7 Å². The van der Waals surface area contributed by atoms with Gasteiger partial charge in [0.2, 0.25) is 5.43 Å². The Labute approximate surface area is 194 Å². The molecule has 0 aliphatic heterocycles. The number of aromatic nitrogens is 3. The molecular weight excluding hydrogens is 418 g/mol. The van der Waals surface area contributed by atoms with E-state index in [0.717, 1.165) is 17.6 Å². The molecule has 176 valence electrons. The Bertz CT molecular complexity index is 1210. The van der Waals surface area contributed by atoms with Crippen LogP contribution in [0.5, 0.6) is 0 Å². The predicted molar refractivity (Wildman–Crippen MR) is 128 cm³/mol. The van der Waals surface area contributed by atoms with Crippen molar-refractivity contribution in [2.45, 2.75) is 54.1 Å². The van der Waals surface area contributed by atoms with Crippen LogP contribution < -0.4 is 16.1 Å². The third-order valence-corrected chi connectivity index (χ3v) is 5.31. The van der Waals surface area contributed by atoms with Crippen molar-refractivity contribution in [2.24, 2.45) is 11.8 Å². The number of carbonyl (C=O) groups is 2. The lowest BCUT2D eigenvalue weighted by atomic mass is 10.1. The molecule has 3 heterocycles. The Kier molecular flexibility index (Phi) is 7.68. The summed E-state index contributed by atoms with van der Waals surface area (Å²) in [6.45, 7) is 11.4. The number of aryl methyl sites for hydroxylation is 1. The minimum Gasteiger partial charge on any atom is -0.352 e. The molecule has 3 aromatic heterocycles. The van der Waals surface area contributed by atoms with Crippen LogP contribution >= 0.6 is 0 Å². The summed E-state index contributed by atoms with van der Waals surface area (Å²) in [5.74, 6) is -0.267. The van der Waals surface area contributed by atoms with Gasteiger partial charge in [-0.1, -0.05) is 33.8 Å². The van der Waals surface area contributed by atoms with Crippen molar-refractivity contribution in [1.29, 1.82) is 0 Å². The van der Waals surface area contributed by atoms with E-state index < -0.39 is 17.2 Å². The van der Waals surface area contributed by atoms with E-state index in [2.05, 4.69) is 29.5 Å². The van der Waals surface area contributed by atoms with Gasteiger partial charge in [-0.25, -0.2) is 4.98 Å². The second-order valence-corrected chi connectivity index (χ2v) is 9.28. The molecule has 8 heteroatoms. The zero-order valence-corrected chi connectivity index (χ0v) is 20.0. The summed E-state index contributed by atoms with van der Waals surface area (Å²) in [6.07, 6.45) is 7.61. The van der Waals surface area contributed by atoms with E-state index in [9.17, 15) is 14.4 Å². The first kappa shape index (κ1) is 24.2. The molecule has 33 heavy (non-hydrogen) atoms. The van der Waals surface area contributed by atoms with E-state index in [4.69, 9.17) is 0 Å². The highest BCUT2D eigenvalue weighted by Crippen LogP contribution is 2.10. The van der Waals surface area contributed by atoms with Crippen molar-refractivity contribution in [3.8, 4) is 0 Å². The molecule has 0 aliphatic carbocycles. The van der Waals surface area contributed by atoms with Gasteiger partial charge in [-0.3, -0.25) is 14.4 Å². The second kappa shape index (κ2) is 10.5. The smallest absolute Gasteiger partial charge is 0.257 e. The van der Waals surface area contributed by atoms with Gasteiger partial charge in [0, 0.05) is 37.9 Å². The highest BCUT2D eigenvalue weighted by molar-refractivity contribution is 5.99. The minimum absolute atomic E-state index is 0.0181. The molecule has 0 aromatic carbocycles. The van der Waals surface area contributed by atoms with E-state index in [-0.39, 0.29) is 23.6 Å². The Morgan fingerprint density at radius 3 is 2.27 bits per heavy atom. The number of pyridine rings is 2. The molecule has 0 saturated carbocycles. The zero-order valence-electron chi connectivity index (χ0n) is 20.0. The van der Waals surface area contributed by atoms with Gasteiger partial charge < -0.3 is 19.6 Å². The van der Waals surface area contributed by atoms with Crippen LogP contribution in [0.3, 0.4) is 0 Å². The molecule has 3 aromatic rings. The number of hydrogen-bond acceptors (Lipinski definition) is 4. The predicted octanol–water partition coefficient (Wildman–Crippen LogP) is 3.17. The Morgan fingerprint density at radius 2 is 1.67 bits per heavy atom. The maximum atomic E-state index is 13.0. The van der Waals surface area contributed by atoms with E-state index in [1.165, 1.54) is 12.4 Å². The number of rotatable bonds is 9. The van der Waals surface area contributed by atoms with Gasteiger partial charge in [0.25, 0.3) is 11.8 Å². The SMILES string of the molecule is Cc1cccn2cc(CNC(=O)c3cn(CC(C)C)cc(C(=O)NCCC(C)C)c3=O)nc12. The summed E-state index contributed by atoms with van der Waals surface area (Å²) < 4.78 is 3.64. The van der Waals surface area contributed by atoms with Crippen molar-refractivity contribution in [1.82, 2.24) is 24.6 Å². The minimum atomic E-state index is -0.569. The molecule has 8 nitrogen and oxygen atoms in total. The molecule has 0 fully saturated rings. The fourth-order valence-electron chi connectivity index (χ4n) is 3.61. The molecule has 0 aliphatic rings. The van der Waals surface area contributed by atoms with Gasteiger partial charge in [-0.2, -0.15) is 0 Å². The van der Waals surface area contributed by atoms with Crippen molar-refractivity contribution in [3.05, 3.63) is 69.5 Å². The van der Waals surface area contributed by atoms with Crippen molar-refractivity contribution < 1.29 is 9.59 Å². The standard InChI is InChI=1S/C25H33N5O3/c1-16(2)8-9-26-24(32)20-14-29(12-17(3)4)15-21(22(20)31)25(33)27-11-19-13-30-10-6-7-18(5)23(30)28-19/h6-7,10,13-17H,8-9,11-12H2,1-5H3,(H,26,32)(H,27,33). The van der Waals surface area contributed by atoms with Gasteiger partial charge in [0.1, 0.15) is 16.8 Å². The van der Waals surface area contributed by atoms with Crippen LogP contribution in [0.25, 0.3) is 5.65 Å². The van der Waals surface area contributed by atoms with E-state index >= 15 is 0 Å². The van der Waals surface area contributed by atoms with Crippen LogP contribution in [-0.2, 0) is 13.1 Å². The molecule has 0 unspecified atom stereocenters. The number of hydrogen-bond donors (Lipinski definition) is 2. The van der Waals surface area contributed by atoms with Crippen LogP contribution in [0.1, 0.15) is 66.1 Å². The summed E-state index contributed by atoms with van der Waals surface area (Å²) in [5, 5.41) is 5.58. The van der Waals surface area contributed by atoms with Crippen LogP contribution in [-0.4, -0.2) is 32.3 Å². The summed E-state index contributed by atoms with van der Waals surface area (Å²) in [4.78, 5) is 43.2. The Morgan fingerprint density at radius 1 is 1.00 bits per heavy atom. The molecule has 0 bridgehead atoms. The number of imidazole rings is 1. The number of fused-ring (bicyclic) bond motifs is 1. The first-order valence-electron chi connectivity index (χ1n) is 11.4. The Balaban J connectivity index is 1.83. The molecule has 0 radical (unpaired) electrons. The lowest BCUT2D eigenvalue weighted by Crippen LogP contribution is -2.36. The van der Waals surface area contributed by atoms with Crippen molar-refractivity contribution in [2.75, 3.05) is 6.54 Å². The van der Waals surface area contributed by atoms with Gasteiger partial charge in [-0.15, -0.1) is 0 Å². The summed E-state index contributed by atoms with van der Waals surface area (Å²) in [7, 11) is 0. The fraction of sp³-hybridized carbons (Fsp3) is 0.440. The molecule has 0 spiro atoms. The van der Waals surface area contributed by atoms with Crippen molar-refractivity contribution in [3.63, 3.8) is 0 Å². The first-order chi connectivity index (χ1) is 15.7. The molecule has 2 N–H and O–H groups in total. The van der Waals surface area contributed by atoms with Gasteiger partial charge in [-0.05, 0) is 36.8 Å². The Hall–Kier alpha value is -3.42. The summed E-state index contributed by atoms with van der Waals surface area (Å²) >= 11 is 0. The summed E-state index contributed by atoms with van der Waals surface area (Å²) in [6, 6.07) is 3.90. The number of carbonyl (C=O) groups excluding carboxylic acids is 2. The highest BCUT2D eigenvalue weighted by atomic mass is 16.2. The maximum Gasteiger partial charge on any atom is 0.257 e. The molecular formula is C25H33N5O3. The molecule has 0 atom stereocenters. The molecule has 2 amide bonds. The number of amides is 2. The largest absolute Gasteiger partial charge is 0.352 e.